The lowest BCUT2D eigenvalue weighted by Crippen LogP contribution is -2.49. The number of anilines is 1. The number of nitrogens with zero attached hydrogens (tertiary/aromatic N) is 1. The van der Waals surface area contributed by atoms with Crippen molar-refractivity contribution >= 4 is 27.7 Å². The first-order chi connectivity index (χ1) is 12.5. The Morgan fingerprint density at radius 2 is 2.12 bits per heavy atom. The van der Waals surface area contributed by atoms with Gasteiger partial charge in [0.05, 0.1) is 22.2 Å². The SMILES string of the molecule is O=C(O)NC1CCCN2c3cc(Br)c(F)cc3Oc3c(F)cccc3C12. The Hall–Kier alpha value is -2.35. The van der Waals surface area contributed by atoms with Gasteiger partial charge in [-0.2, -0.15) is 0 Å². The number of hydrogen-bond acceptors (Lipinski definition) is 3. The van der Waals surface area contributed by atoms with Crippen molar-refractivity contribution in [3.05, 3.63) is 52.0 Å². The maximum Gasteiger partial charge on any atom is 0.404 e. The normalized spacial score (nSPS) is 21.0. The molecule has 4 rings (SSSR count). The Morgan fingerprint density at radius 1 is 1.31 bits per heavy atom. The number of nitrogens with one attached hydrogen (secondary N) is 1. The molecule has 1 fully saturated rings. The molecule has 26 heavy (non-hydrogen) atoms. The summed E-state index contributed by atoms with van der Waals surface area (Å²) in [4.78, 5) is 13.2. The van der Waals surface area contributed by atoms with Crippen molar-refractivity contribution in [3.63, 3.8) is 0 Å². The number of rotatable bonds is 1. The number of carboxylic acid groups (broad SMARTS) is 1. The summed E-state index contributed by atoms with van der Waals surface area (Å²) in [5.74, 6) is -0.881. The van der Waals surface area contributed by atoms with Gasteiger partial charge in [-0.1, -0.05) is 12.1 Å². The van der Waals surface area contributed by atoms with E-state index in [1.807, 2.05) is 4.90 Å². The summed E-state index contributed by atoms with van der Waals surface area (Å²) in [7, 11) is 0. The second-order valence-corrected chi connectivity index (χ2v) is 7.19. The molecule has 0 saturated carbocycles. The highest BCUT2D eigenvalue weighted by Gasteiger charge is 2.40. The van der Waals surface area contributed by atoms with Crippen LogP contribution in [0.4, 0.5) is 19.3 Å². The third-order valence-corrected chi connectivity index (χ3v) is 5.39. The highest BCUT2D eigenvalue weighted by atomic mass is 79.9. The van der Waals surface area contributed by atoms with Crippen LogP contribution in [0.2, 0.25) is 0 Å². The summed E-state index contributed by atoms with van der Waals surface area (Å²) < 4.78 is 34.6. The summed E-state index contributed by atoms with van der Waals surface area (Å²) in [5, 5.41) is 11.7. The standard InChI is InChI=1S/C18H15BrF2N2O3/c19-10-7-14-15(8-12(10)21)26-17-9(3-1-4-11(17)20)16-13(22-18(24)25)5-2-6-23(14)16/h1,3-4,7-8,13,16,22H,2,5-6H2,(H,24,25). The first kappa shape index (κ1) is 17.1. The van der Waals surface area contributed by atoms with Crippen LogP contribution in [0.5, 0.6) is 11.5 Å². The van der Waals surface area contributed by atoms with Crippen molar-refractivity contribution in [2.24, 2.45) is 0 Å². The summed E-state index contributed by atoms with van der Waals surface area (Å²) in [6.07, 6.45) is 0.210. The zero-order valence-corrected chi connectivity index (χ0v) is 15.1. The van der Waals surface area contributed by atoms with Gasteiger partial charge in [0.1, 0.15) is 5.82 Å². The Bertz CT molecular complexity index is 893. The van der Waals surface area contributed by atoms with Gasteiger partial charge in [0.25, 0.3) is 0 Å². The predicted molar refractivity (Wildman–Crippen MR) is 94.8 cm³/mol. The average molecular weight is 425 g/mol. The van der Waals surface area contributed by atoms with Gasteiger partial charge in [0.2, 0.25) is 0 Å². The topological polar surface area (TPSA) is 61.8 Å². The molecule has 2 heterocycles. The maximum atomic E-state index is 14.5. The molecular formula is C18H15BrF2N2O3. The van der Waals surface area contributed by atoms with E-state index in [0.717, 1.165) is 6.42 Å². The molecule has 2 unspecified atom stereocenters. The van der Waals surface area contributed by atoms with Crippen LogP contribution >= 0.6 is 15.9 Å². The van der Waals surface area contributed by atoms with Gasteiger partial charge in [-0.25, -0.2) is 13.6 Å². The van der Waals surface area contributed by atoms with Crippen LogP contribution in [0.25, 0.3) is 0 Å². The van der Waals surface area contributed by atoms with Gasteiger partial charge >= 0.3 is 6.09 Å². The van der Waals surface area contributed by atoms with E-state index in [2.05, 4.69) is 21.2 Å². The van der Waals surface area contributed by atoms with Crippen molar-refractivity contribution in [1.82, 2.24) is 5.32 Å². The molecule has 2 aromatic rings. The number of fused-ring (bicyclic) bond motifs is 5. The second-order valence-electron chi connectivity index (χ2n) is 6.33. The van der Waals surface area contributed by atoms with E-state index in [0.29, 0.717) is 24.2 Å². The molecule has 0 aromatic heterocycles. The van der Waals surface area contributed by atoms with Crippen molar-refractivity contribution in [2.75, 3.05) is 11.4 Å². The molecule has 0 bridgehead atoms. The number of carbonyl (C=O) groups is 1. The van der Waals surface area contributed by atoms with E-state index < -0.39 is 29.8 Å². The highest BCUT2D eigenvalue weighted by molar-refractivity contribution is 9.10. The fourth-order valence-corrected chi connectivity index (χ4v) is 4.09. The molecule has 2 atom stereocenters. The van der Waals surface area contributed by atoms with Gasteiger partial charge in [-0.3, -0.25) is 0 Å². The first-order valence-electron chi connectivity index (χ1n) is 8.17. The molecule has 0 spiro atoms. The van der Waals surface area contributed by atoms with Gasteiger partial charge in [-0.15, -0.1) is 0 Å². The molecule has 2 N–H and O–H groups in total. The highest BCUT2D eigenvalue weighted by Crippen LogP contribution is 2.49. The van der Waals surface area contributed by atoms with E-state index in [4.69, 9.17) is 4.74 Å². The number of hydrogen-bond donors (Lipinski definition) is 2. The smallest absolute Gasteiger partial charge is 0.404 e. The van der Waals surface area contributed by atoms with Crippen LogP contribution in [-0.2, 0) is 0 Å². The Labute approximate surface area is 156 Å². The molecular weight excluding hydrogens is 410 g/mol. The Morgan fingerprint density at radius 3 is 2.88 bits per heavy atom. The molecule has 1 amide bonds. The van der Waals surface area contributed by atoms with Crippen LogP contribution in [0.3, 0.4) is 0 Å². The van der Waals surface area contributed by atoms with Crippen molar-refractivity contribution in [1.29, 1.82) is 0 Å². The summed E-state index contributed by atoms with van der Waals surface area (Å²) in [6, 6.07) is 6.45. The van der Waals surface area contributed by atoms with E-state index in [-0.39, 0.29) is 16.0 Å². The van der Waals surface area contributed by atoms with Gasteiger partial charge in [0, 0.05) is 18.2 Å². The van der Waals surface area contributed by atoms with Crippen molar-refractivity contribution in [3.8, 4) is 11.5 Å². The minimum atomic E-state index is -1.14. The van der Waals surface area contributed by atoms with Crippen molar-refractivity contribution < 1.29 is 23.4 Å². The van der Waals surface area contributed by atoms with Crippen LogP contribution in [0, 0.1) is 11.6 Å². The van der Waals surface area contributed by atoms with Gasteiger partial charge in [0.15, 0.2) is 17.3 Å². The zero-order chi connectivity index (χ0) is 18.4. The number of benzene rings is 2. The molecule has 2 aromatic carbocycles. The molecule has 1 saturated heterocycles. The van der Waals surface area contributed by atoms with E-state index in [1.165, 1.54) is 12.1 Å². The number of ether oxygens (including phenoxy) is 1. The minimum Gasteiger partial charge on any atom is -0.465 e. The molecule has 0 aliphatic carbocycles. The lowest BCUT2D eigenvalue weighted by Gasteiger charge is -2.42. The maximum absolute atomic E-state index is 14.5. The number of halogens is 3. The van der Waals surface area contributed by atoms with Crippen LogP contribution in [-0.4, -0.2) is 23.8 Å². The average Bonchev–Trinajstić information content (AvgIpc) is 2.72. The fraction of sp³-hybridized carbons (Fsp3) is 0.278. The molecule has 2 aliphatic heterocycles. The van der Waals surface area contributed by atoms with Gasteiger partial charge < -0.3 is 20.1 Å². The minimum absolute atomic E-state index is 0.00191. The molecule has 0 radical (unpaired) electrons. The monoisotopic (exact) mass is 424 g/mol. The summed E-state index contributed by atoms with van der Waals surface area (Å²) in [5.41, 5.74) is 1.13. The molecule has 5 nitrogen and oxygen atoms in total. The largest absolute Gasteiger partial charge is 0.465 e. The van der Waals surface area contributed by atoms with Crippen LogP contribution in [0.1, 0.15) is 24.4 Å². The van der Waals surface area contributed by atoms with Crippen LogP contribution in [0.15, 0.2) is 34.8 Å². The second kappa shape index (κ2) is 6.42. The predicted octanol–water partition coefficient (Wildman–Crippen LogP) is 4.81. The number of piperidine rings is 1. The third-order valence-electron chi connectivity index (χ3n) is 4.78. The number of amides is 1. The zero-order valence-electron chi connectivity index (χ0n) is 13.5. The molecule has 136 valence electrons. The number of para-hydroxylation sites is 1. The Kier molecular flexibility index (Phi) is 4.22. The summed E-state index contributed by atoms with van der Waals surface area (Å²) in [6.45, 7) is 0.618. The Balaban J connectivity index is 1.94. The lowest BCUT2D eigenvalue weighted by atomic mass is 9.89. The van der Waals surface area contributed by atoms with Crippen LogP contribution < -0.4 is 15.0 Å². The third kappa shape index (κ3) is 2.78. The summed E-state index contributed by atoms with van der Waals surface area (Å²) >= 11 is 3.18. The van der Waals surface area contributed by atoms with Crippen molar-refractivity contribution in [2.45, 2.75) is 24.9 Å². The van der Waals surface area contributed by atoms with E-state index in [1.54, 1.807) is 18.2 Å². The molecule has 2 aliphatic rings. The first-order valence-corrected chi connectivity index (χ1v) is 8.96. The van der Waals surface area contributed by atoms with E-state index >= 15 is 0 Å². The molecule has 8 heteroatoms. The lowest BCUT2D eigenvalue weighted by molar-refractivity contribution is 0.184. The van der Waals surface area contributed by atoms with Gasteiger partial charge in [-0.05, 0) is 40.9 Å². The fourth-order valence-electron chi connectivity index (χ4n) is 3.76. The van der Waals surface area contributed by atoms with E-state index in [9.17, 15) is 18.7 Å². The quantitative estimate of drug-likeness (QED) is 0.689.